The minimum atomic E-state index is -0.421. The fourth-order valence-corrected chi connectivity index (χ4v) is 6.51. The van der Waals surface area contributed by atoms with Crippen LogP contribution in [0.3, 0.4) is 0 Å². The molecule has 0 aromatic carbocycles. The third kappa shape index (κ3) is 4.52. The van der Waals surface area contributed by atoms with Gasteiger partial charge in [-0.25, -0.2) is 0 Å². The molecule has 1 heterocycles. The highest BCUT2D eigenvalue weighted by Crippen LogP contribution is 2.62. The second-order valence-electron chi connectivity index (χ2n) is 10.1. The predicted molar refractivity (Wildman–Crippen MR) is 123 cm³/mol. The van der Waals surface area contributed by atoms with E-state index in [9.17, 15) is 9.59 Å². The summed E-state index contributed by atoms with van der Waals surface area (Å²) in [6.07, 6.45) is 8.58. The average Bonchev–Trinajstić information content (AvgIpc) is 3.22. The Bertz CT molecular complexity index is 845. The first kappa shape index (κ1) is 24.6. The van der Waals surface area contributed by atoms with E-state index in [1.54, 1.807) is 13.2 Å². The van der Waals surface area contributed by atoms with Crippen molar-refractivity contribution in [2.45, 2.75) is 78.3 Å². The highest BCUT2D eigenvalue weighted by Gasteiger charge is 2.57. The number of aryl methyl sites for hydroxylation is 1. The molecule has 5 atom stereocenters. The van der Waals surface area contributed by atoms with Gasteiger partial charge in [0.2, 0.25) is 0 Å². The lowest BCUT2D eigenvalue weighted by Gasteiger charge is -2.57. The first-order valence-electron chi connectivity index (χ1n) is 11.8. The average molecular weight is 446 g/mol. The third-order valence-electron chi connectivity index (χ3n) is 8.33. The lowest BCUT2D eigenvalue weighted by Crippen LogP contribution is -2.53. The van der Waals surface area contributed by atoms with E-state index in [2.05, 4.69) is 25.7 Å². The summed E-state index contributed by atoms with van der Waals surface area (Å²) in [5, 5.41) is 3.17. The quantitative estimate of drug-likeness (QED) is 0.457. The number of hydrogen-bond acceptors (Lipinski definition) is 6. The number of carbonyl (C=O) groups is 2. The van der Waals surface area contributed by atoms with E-state index in [1.165, 1.54) is 19.8 Å². The van der Waals surface area contributed by atoms with Gasteiger partial charge in [-0.05, 0) is 81.3 Å². The molecule has 1 N–H and O–H groups in total. The Balaban J connectivity index is 1.72. The van der Waals surface area contributed by atoms with Crippen molar-refractivity contribution in [3.05, 3.63) is 35.8 Å². The van der Waals surface area contributed by atoms with Gasteiger partial charge in [-0.2, -0.15) is 0 Å². The van der Waals surface area contributed by atoms with Gasteiger partial charge in [0.05, 0.1) is 32.4 Å². The van der Waals surface area contributed by atoms with Crippen LogP contribution in [0.4, 0.5) is 0 Å². The molecule has 3 rings (SSSR count). The lowest BCUT2D eigenvalue weighted by molar-refractivity contribution is -0.168. The van der Waals surface area contributed by atoms with Gasteiger partial charge < -0.3 is 13.9 Å². The molecule has 0 bridgehead atoms. The summed E-state index contributed by atoms with van der Waals surface area (Å²) in [4.78, 5) is 24.4. The van der Waals surface area contributed by atoms with E-state index in [1.807, 2.05) is 6.07 Å². The SMILES string of the molecule is C=C1CC[C@@H]2[C@](C)(CCC[C@]2(C)C(=O)OC)[C@H]1CCc1ccoc1CN[C@H](C)C(=O)OC. The Morgan fingerprint density at radius 3 is 2.72 bits per heavy atom. The summed E-state index contributed by atoms with van der Waals surface area (Å²) in [5.74, 6) is 1.16. The van der Waals surface area contributed by atoms with Crippen LogP contribution in [0.2, 0.25) is 0 Å². The Morgan fingerprint density at radius 2 is 2.03 bits per heavy atom. The molecule has 2 aliphatic rings. The molecule has 0 aliphatic heterocycles. The fraction of sp³-hybridized carbons (Fsp3) is 0.692. The van der Waals surface area contributed by atoms with Crippen molar-refractivity contribution in [1.82, 2.24) is 5.32 Å². The topological polar surface area (TPSA) is 77.8 Å². The van der Waals surface area contributed by atoms with Crippen molar-refractivity contribution in [2.24, 2.45) is 22.7 Å². The molecule has 2 aliphatic carbocycles. The zero-order chi connectivity index (χ0) is 23.5. The zero-order valence-electron chi connectivity index (χ0n) is 20.3. The Labute approximate surface area is 192 Å². The number of esters is 2. The van der Waals surface area contributed by atoms with E-state index in [4.69, 9.17) is 13.9 Å². The zero-order valence-corrected chi connectivity index (χ0v) is 20.3. The standard InChI is InChI=1S/C26H39NO5/c1-17-8-11-22-25(3,13-7-14-26(22,4)24(29)31-6)20(17)10-9-19-12-15-32-21(19)16-27-18(2)23(28)30-5/h12,15,18,20,22,27H,1,7-11,13-14,16H2,2-6H3/t18-,20+,22-,25-,26+/m1/s1. The van der Waals surface area contributed by atoms with Gasteiger partial charge in [0.1, 0.15) is 11.8 Å². The van der Waals surface area contributed by atoms with Crippen LogP contribution < -0.4 is 5.32 Å². The molecule has 2 fully saturated rings. The second-order valence-corrected chi connectivity index (χ2v) is 10.1. The van der Waals surface area contributed by atoms with Gasteiger partial charge in [-0.15, -0.1) is 0 Å². The second kappa shape index (κ2) is 9.82. The molecule has 6 heteroatoms. The van der Waals surface area contributed by atoms with E-state index < -0.39 is 11.5 Å². The van der Waals surface area contributed by atoms with Crippen LogP contribution in [0.25, 0.3) is 0 Å². The smallest absolute Gasteiger partial charge is 0.322 e. The van der Waals surface area contributed by atoms with E-state index in [0.29, 0.717) is 18.4 Å². The van der Waals surface area contributed by atoms with Crippen molar-refractivity contribution >= 4 is 11.9 Å². The molecule has 1 aromatic rings. The van der Waals surface area contributed by atoms with Crippen LogP contribution >= 0.6 is 0 Å². The normalized spacial score (nSPS) is 31.0. The molecule has 1 aromatic heterocycles. The summed E-state index contributed by atoms with van der Waals surface area (Å²) >= 11 is 0. The highest BCUT2D eigenvalue weighted by molar-refractivity contribution is 5.77. The largest absolute Gasteiger partial charge is 0.469 e. The molecule has 0 unspecified atom stereocenters. The van der Waals surface area contributed by atoms with Crippen molar-refractivity contribution in [3.8, 4) is 0 Å². The maximum Gasteiger partial charge on any atom is 0.322 e. The van der Waals surface area contributed by atoms with Crippen molar-refractivity contribution in [2.75, 3.05) is 14.2 Å². The number of carbonyl (C=O) groups excluding carboxylic acids is 2. The molecule has 32 heavy (non-hydrogen) atoms. The van der Waals surface area contributed by atoms with Crippen LogP contribution in [-0.4, -0.2) is 32.2 Å². The van der Waals surface area contributed by atoms with Crippen LogP contribution in [0.5, 0.6) is 0 Å². The number of nitrogens with one attached hydrogen (secondary N) is 1. The van der Waals surface area contributed by atoms with Crippen molar-refractivity contribution in [3.63, 3.8) is 0 Å². The minimum absolute atomic E-state index is 0.0398. The molecule has 0 radical (unpaired) electrons. The van der Waals surface area contributed by atoms with Crippen molar-refractivity contribution < 1.29 is 23.5 Å². The van der Waals surface area contributed by atoms with Crippen LogP contribution in [0.1, 0.15) is 70.6 Å². The van der Waals surface area contributed by atoms with Gasteiger partial charge in [0.25, 0.3) is 0 Å². The first-order valence-corrected chi connectivity index (χ1v) is 11.8. The third-order valence-corrected chi connectivity index (χ3v) is 8.33. The highest BCUT2D eigenvalue weighted by atomic mass is 16.5. The Hall–Kier alpha value is -2.08. The van der Waals surface area contributed by atoms with Crippen LogP contribution in [0, 0.1) is 22.7 Å². The number of rotatable bonds is 8. The van der Waals surface area contributed by atoms with Gasteiger partial charge in [0.15, 0.2) is 0 Å². The van der Waals surface area contributed by atoms with Crippen molar-refractivity contribution in [1.29, 1.82) is 0 Å². The summed E-state index contributed by atoms with van der Waals surface area (Å²) in [5.41, 5.74) is 2.08. The molecule has 6 nitrogen and oxygen atoms in total. The summed E-state index contributed by atoms with van der Waals surface area (Å²) in [7, 11) is 2.90. The van der Waals surface area contributed by atoms with Crippen LogP contribution in [0.15, 0.2) is 28.9 Å². The summed E-state index contributed by atoms with van der Waals surface area (Å²) in [6, 6.07) is 1.62. The molecule has 0 spiro atoms. The van der Waals surface area contributed by atoms with Gasteiger partial charge in [-0.1, -0.05) is 25.5 Å². The molecule has 178 valence electrons. The minimum Gasteiger partial charge on any atom is -0.469 e. The predicted octanol–water partition coefficient (Wildman–Crippen LogP) is 4.82. The number of ether oxygens (including phenoxy) is 2. The molecule has 0 amide bonds. The molecular formula is C26H39NO5. The number of methoxy groups -OCH3 is 2. The van der Waals surface area contributed by atoms with E-state index in [-0.39, 0.29) is 17.4 Å². The maximum absolute atomic E-state index is 12.8. The first-order chi connectivity index (χ1) is 15.2. The number of fused-ring (bicyclic) bond motifs is 1. The molecule has 2 saturated carbocycles. The van der Waals surface area contributed by atoms with E-state index in [0.717, 1.165) is 56.3 Å². The molecule has 0 saturated heterocycles. The summed E-state index contributed by atoms with van der Waals surface area (Å²) in [6.45, 7) is 11.2. The molecular weight excluding hydrogens is 406 g/mol. The number of hydrogen-bond donors (Lipinski definition) is 1. The van der Waals surface area contributed by atoms with Gasteiger partial charge >= 0.3 is 11.9 Å². The maximum atomic E-state index is 12.8. The van der Waals surface area contributed by atoms with Gasteiger partial charge in [-0.3, -0.25) is 14.9 Å². The number of furan rings is 1. The monoisotopic (exact) mass is 445 g/mol. The fourth-order valence-electron chi connectivity index (χ4n) is 6.51. The van der Waals surface area contributed by atoms with Crippen LogP contribution in [-0.2, 0) is 32.0 Å². The van der Waals surface area contributed by atoms with E-state index >= 15 is 0 Å². The Kier molecular flexibility index (Phi) is 7.53. The summed E-state index contributed by atoms with van der Waals surface area (Å²) < 4.78 is 15.7. The number of allylic oxidation sites excluding steroid dienone is 1. The van der Waals surface area contributed by atoms with Gasteiger partial charge in [0, 0.05) is 0 Å². The Morgan fingerprint density at radius 1 is 1.28 bits per heavy atom. The lowest BCUT2D eigenvalue weighted by atomic mass is 9.46.